The van der Waals surface area contributed by atoms with E-state index in [0.29, 0.717) is 5.02 Å². The first-order valence-corrected chi connectivity index (χ1v) is 7.74. The van der Waals surface area contributed by atoms with Crippen LogP contribution in [0.3, 0.4) is 0 Å². The van der Waals surface area contributed by atoms with Crippen molar-refractivity contribution in [3.8, 4) is 0 Å². The number of halogens is 2. The maximum atomic E-state index is 11.9. The van der Waals surface area contributed by atoms with Crippen LogP contribution in [0.5, 0.6) is 0 Å². The summed E-state index contributed by atoms with van der Waals surface area (Å²) in [5, 5.41) is 14.2. The topological polar surface area (TPSA) is 98.5 Å². The van der Waals surface area contributed by atoms with Crippen molar-refractivity contribution in [2.75, 3.05) is 6.61 Å². The number of benzene rings is 2. The SMILES string of the molecule is O=C(COC(=O)c1ccc(Cl)cc1[N+](=O)[O-])NCc1ccc(Cl)cc1. The van der Waals surface area contributed by atoms with Gasteiger partial charge in [0.05, 0.1) is 4.92 Å². The third-order valence-corrected chi connectivity index (χ3v) is 3.60. The molecule has 0 aliphatic heterocycles. The summed E-state index contributed by atoms with van der Waals surface area (Å²) in [5.41, 5.74) is 0.0522. The number of nitro groups is 1. The predicted octanol–water partition coefficient (Wildman–Crippen LogP) is 3.37. The number of hydrogen-bond acceptors (Lipinski definition) is 5. The fourth-order valence-corrected chi connectivity index (χ4v) is 2.18. The van der Waals surface area contributed by atoms with E-state index in [2.05, 4.69) is 5.32 Å². The molecule has 0 unspecified atom stereocenters. The molecule has 0 spiro atoms. The molecule has 1 N–H and O–H groups in total. The fraction of sp³-hybridized carbons (Fsp3) is 0.125. The van der Waals surface area contributed by atoms with Gasteiger partial charge in [0, 0.05) is 22.7 Å². The van der Waals surface area contributed by atoms with Crippen LogP contribution in [-0.4, -0.2) is 23.4 Å². The lowest BCUT2D eigenvalue weighted by atomic mass is 10.2. The molecule has 25 heavy (non-hydrogen) atoms. The number of hydrogen-bond donors (Lipinski definition) is 1. The molecule has 1 amide bonds. The van der Waals surface area contributed by atoms with Crippen molar-refractivity contribution in [3.05, 3.63) is 73.8 Å². The van der Waals surface area contributed by atoms with Crippen molar-refractivity contribution < 1.29 is 19.2 Å². The van der Waals surface area contributed by atoms with E-state index in [1.54, 1.807) is 24.3 Å². The minimum absolute atomic E-state index is 0.115. The number of rotatable bonds is 6. The van der Waals surface area contributed by atoms with Gasteiger partial charge in [-0.1, -0.05) is 35.3 Å². The Morgan fingerprint density at radius 3 is 2.36 bits per heavy atom. The van der Waals surface area contributed by atoms with Crippen LogP contribution in [0.2, 0.25) is 10.0 Å². The van der Waals surface area contributed by atoms with Gasteiger partial charge >= 0.3 is 5.97 Å². The molecule has 7 nitrogen and oxygen atoms in total. The number of carbonyl (C=O) groups is 2. The first-order chi connectivity index (χ1) is 11.9. The Morgan fingerprint density at radius 1 is 1.08 bits per heavy atom. The van der Waals surface area contributed by atoms with Crippen molar-refractivity contribution in [1.82, 2.24) is 5.32 Å². The molecule has 0 fully saturated rings. The van der Waals surface area contributed by atoms with Gasteiger partial charge in [0.25, 0.3) is 11.6 Å². The molecule has 0 saturated carbocycles. The zero-order chi connectivity index (χ0) is 18.4. The molecule has 2 rings (SSSR count). The lowest BCUT2D eigenvalue weighted by Crippen LogP contribution is -2.28. The van der Waals surface area contributed by atoms with Gasteiger partial charge in [-0.2, -0.15) is 0 Å². The van der Waals surface area contributed by atoms with E-state index in [1.165, 1.54) is 12.1 Å². The van der Waals surface area contributed by atoms with E-state index in [9.17, 15) is 19.7 Å². The molecule has 9 heteroatoms. The molecule has 0 saturated heterocycles. The predicted molar refractivity (Wildman–Crippen MR) is 91.7 cm³/mol. The van der Waals surface area contributed by atoms with Crippen LogP contribution in [-0.2, 0) is 16.1 Å². The summed E-state index contributed by atoms with van der Waals surface area (Å²) in [5.74, 6) is -1.52. The standard InChI is InChI=1S/C16H12Cl2N2O5/c17-11-3-1-10(2-4-11)8-19-15(21)9-25-16(22)13-6-5-12(18)7-14(13)20(23)24/h1-7H,8-9H2,(H,19,21). The van der Waals surface area contributed by atoms with Crippen LogP contribution in [0.4, 0.5) is 5.69 Å². The highest BCUT2D eigenvalue weighted by Gasteiger charge is 2.22. The molecule has 0 aliphatic carbocycles. The van der Waals surface area contributed by atoms with Crippen molar-refractivity contribution in [2.24, 2.45) is 0 Å². The number of nitrogens with zero attached hydrogens (tertiary/aromatic N) is 1. The number of esters is 1. The molecule has 0 bridgehead atoms. The van der Waals surface area contributed by atoms with Crippen molar-refractivity contribution in [1.29, 1.82) is 0 Å². The van der Waals surface area contributed by atoms with Gasteiger partial charge in [-0.15, -0.1) is 0 Å². The van der Waals surface area contributed by atoms with E-state index >= 15 is 0 Å². The lowest BCUT2D eigenvalue weighted by Gasteiger charge is -2.07. The fourth-order valence-electron chi connectivity index (χ4n) is 1.89. The second-order valence-corrected chi connectivity index (χ2v) is 5.77. The Morgan fingerprint density at radius 2 is 1.72 bits per heavy atom. The number of nitro benzene ring substituents is 1. The Bertz CT molecular complexity index is 809. The zero-order valence-electron chi connectivity index (χ0n) is 12.7. The van der Waals surface area contributed by atoms with Crippen LogP contribution < -0.4 is 5.32 Å². The largest absolute Gasteiger partial charge is 0.452 e. The van der Waals surface area contributed by atoms with E-state index < -0.39 is 29.1 Å². The quantitative estimate of drug-likeness (QED) is 0.469. The summed E-state index contributed by atoms with van der Waals surface area (Å²) in [6.07, 6.45) is 0. The number of nitrogens with one attached hydrogen (secondary N) is 1. The minimum atomic E-state index is -0.981. The molecular weight excluding hydrogens is 371 g/mol. The number of ether oxygens (including phenoxy) is 1. The maximum Gasteiger partial charge on any atom is 0.345 e. The highest BCUT2D eigenvalue weighted by atomic mass is 35.5. The average Bonchev–Trinajstić information content (AvgIpc) is 2.59. The van der Waals surface area contributed by atoms with Gasteiger partial charge in [0.15, 0.2) is 6.61 Å². The maximum absolute atomic E-state index is 11.9. The Hall–Kier alpha value is -2.64. The van der Waals surface area contributed by atoms with Crippen LogP contribution in [0, 0.1) is 10.1 Å². The van der Waals surface area contributed by atoms with Crippen LogP contribution in [0.25, 0.3) is 0 Å². The van der Waals surface area contributed by atoms with Gasteiger partial charge in [-0.25, -0.2) is 4.79 Å². The van der Waals surface area contributed by atoms with Crippen LogP contribution in [0.15, 0.2) is 42.5 Å². The average molecular weight is 383 g/mol. The Kier molecular flexibility index (Phi) is 6.32. The third kappa shape index (κ3) is 5.44. The molecular formula is C16H12Cl2N2O5. The summed E-state index contributed by atoms with van der Waals surface area (Å²) in [6, 6.07) is 10.4. The Labute approximate surface area is 152 Å². The summed E-state index contributed by atoms with van der Waals surface area (Å²) in [7, 11) is 0. The van der Waals surface area contributed by atoms with Gasteiger partial charge in [-0.3, -0.25) is 14.9 Å². The van der Waals surface area contributed by atoms with Crippen molar-refractivity contribution >= 4 is 40.8 Å². The van der Waals surface area contributed by atoms with Gasteiger partial charge in [-0.05, 0) is 29.8 Å². The molecule has 0 atom stereocenters. The highest BCUT2D eigenvalue weighted by molar-refractivity contribution is 6.31. The smallest absolute Gasteiger partial charge is 0.345 e. The molecule has 0 aliphatic rings. The van der Waals surface area contributed by atoms with Crippen LogP contribution in [0.1, 0.15) is 15.9 Å². The molecule has 0 heterocycles. The van der Waals surface area contributed by atoms with Gasteiger partial charge in [0.1, 0.15) is 5.56 Å². The zero-order valence-corrected chi connectivity index (χ0v) is 14.2. The summed E-state index contributed by atoms with van der Waals surface area (Å²) in [6.45, 7) is -0.332. The van der Waals surface area contributed by atoms with E-state index in [-0.39, 0.29) is 17.1 Å². The normalized spacial score (nSPS) is 10.2. The highest BCUT2D eigenvalue weighted by Crippen LogP contribution is 2.23. The van der Waals surface area contributed by atoms with Crippen molar-refractivity contribution in [2.45, 2.75) is 6.54 Å². The van der Waals surface area contributed by atoms with Gasteiger partial charge < -0.3 is 10.1 Å². The second kappa shape index (κ2) is 8.46. The minimum Gasteiger partial charge on any atom is -0.452 e. The third-order valence-electron chi connectivity index (χ3n) is 3.11. The monoisotopic (exact) mass is 382 g/mol. The van der Waals surface area contributed by atoms with E-state index in [4.69, 9.17) is 27.9 Å². The summed E-state index contributed by atoms with van der Waals surface area (Å²) < 4.78 is 4.81. The van der Waals surface area contributed by atoms with Crippen molar-refractivity contribution in [3.63, 3.8) is 0 Å². The molecule has 130 valence electrons. The first-order valence-electron chi connectivity index (χ1n) is 6.99. The molecule has 2 aromatic rings. The lowest BCUT2D eigenvalue weighted by molar-refractivity contribution is -0.385. The summed E-state index contributed by atoms with van der Waals surface area (Å²) in [4.78, 5) is 33.9. The first kappa shape index (κ1) is 18.7. The molecule has 0 radical (unpaired) electrons. The van der Waals surface area contributed by atoms with Gasteiger partial charge in [0.2, 0.25) is 0 Å². The number of amides is 1. The van der Waals surface area contributed by atoms with E-state index in [0.717, 1.165) is 11.6 Å². The second-order valence-electron chi connectivity index (χ2n) is 4.90. The molecule has 0 aromatic heterocycles. The van der Waals surface area contributed by atoms with E-state index in [1.807, 2.05) is 0 Å². The van der Waals surface area contributed by atoms with Crippen LogP contribution >= 0.6 is 23.2 Å². The Balaban J connectivity index is 1.90. The molecule has 2 aromatic carbocycles. The number of carbonyl (C=O) groups excluding carboxylic acids is 2. The summed E-state index contributed by atoms with van der Waals surface area (Å²) >= 11 is 11.4.